The maximum atomic E-state index is 13.9. The molecule has 0 unspecified atom stereocenters. The normalized spacial score (nSPS) is 14.2. The smallest absolute Gasteiger partial charge is 0.265 e. The van der Waals surface area contributed by atoms with Crippen molar-refractivity contribution in [2.24, 2.45) is 0 Å². The van der Waals surface area contributed by atoms with Crippen LogP contribution in [-0.2, 0) is 13.1 Å². The Hall–Kier alpha value is -4.01. The minimum atomic E-state index is -0.186. The van der Waals surface area contributed by atoms with Crippen LogP contribution in [0.3, 0.4) is 0 Å². The van der Waals surface area contributed by atoms with Gasteiger partial charge in [-0.15, -0.1) is 11.3 Å². The molecule has 8 heteroatoms. The average molecular weight is 555 g/mol. The van der Waals surface area contributed by atoms with Gasteiger partial charge in [0.1, 0.15) is 10.3 Å². The van der Waals surface area contributed by atoms with Gasteiger partial charge in [-0.2, -0.15) is 0 Å². The number of fused-ring (bicyclic) bond motifs is 3. The molecule has 5 aromatic rings. The fourth-order valence-electron chi connectivity index (χ4n) is 5.43. The number of piperidine rings is 1. The third kappa shape index (κ3) is 5.37. The summed E-state index contributed by atoms with van der Waals surface area (Å²) in [7, 11) is 1.53. The SMILES string of the molecule is C.COc1c(C(=O)NC2CCN(Cc3ccccc3)CC2)sc2c1c(=O)n(Cc1ccccn1)c1ccccc21. The zero-order valence-corrected chi connectivity index (χ0v) is 22.6. The van der Waals surface area contributed by atoms with Crippen molar-refractivity contribution in [3.8, 4) is 5.75 Å². The molecule has 1 amide bonds. The van der Waals surface area contributed by atoms with Gasteiger partial charge in [0.15, 0.2) is 5.75 Å². The van der Waals surface area contributed by atoms with Gasteiger partial charge in [0, 0.05) is 37.3 Å². The number of ether oxygens (including phenoxy) is 1. The van der Waals surface area contributed by atoms with Crippen molar-refractivity contribution in [1.82, 2.24) is 19.8 Å². The summed E-state index contributed by atoms with van der Waals surface area (Å²) < 4.78 is 8.23. The molecule has 0 spiro atoms. The van der Waals surface area contributed by atoms with Crippen LogP contribution in [0.2, 0.25) is 0 Å². The summed E-state index contributed by atoms with van der Waals surface area (Å²) in [6, 6.07) is 24.0. The molecular formula is C32H34N4O3S. The highest BCUT2D eigenvalue weighted by atomic mass is 32.1. The Balaban J connectivity index is 0.00000323. The summed E-state index contributed by atoms with van der Waals surface area (Å²) in [6.45, 7) is 3.10. The lowest BCUT2D eigenvalue weighted by atomic mass is 10.0. The first-order valence-corrected chi connectivity index (χ1v) is 14.0. The van der Waals surface area contributed by atoms with E-state index in [1.165, 1.54) is 24.0 Å². The molecule has 206 valence electrons. The second kappa shape index (κ2) is 12.0. The van der Waals surface area contributed by atoms with Crippen LogP contribution in [0, 0.1) is 0 Å². The Morgan fingerprint density at radius 2 is 1.73 bits per heavy atom. The molecule has 4 heterocycles. The van der Waals surface area contributed by atoms with Crippen molar-refractivity contribution < 1.29 is 9.53 Å². The number of nitrogens with zero attached hydrogens (tertiary/aromatic N) is 3. The third-order valence-corrected chi connectivity index (χ3v) is 8.59. The molecule has 0 bridgehead atoms. The first-order valence-electron chi connectivity index (χ1n) is 13.2. The molecule has 3 aromatic heterocycles. The molecule has 40 heavy (non-hydrogen) atoms. The van der Waals surface area contributed by atoms with Crippen molar-refractivity contribution in [2.75, 3.05) is 20.2 Å². The Kier molecular flexibility index (Phi) is 8.28. The number of para-hydroxylation sites is 1. The molecule has 0 radical (unpaired) electrons. The molecule has 2 aromatic carbocycles. The summed E-state index contributed by atoms with van der Waals surface area (Å²) in [5.74, 6) is 0.161. The quantitative estimate of drug-likeness (QED) is 0.279. The number of carbonyl (C=O) groups is 1. The van der Waals surface area contributed by atoms with Gasteiger partial charge >= 0.3 is 0 Å². The van der Waals surface area contributed by atoms with Gasteiger partial charge in [0.05, 0.1) is 29.6 Å². The second-order valence-corrected chi connectivity index (χ2v) is 10.9. The predicted molar refractivity (Wildman–Crippen MR) is 162 cm³/mol. The number of carbonyl (C=O) groups excluding carboxylic acids is 1. The van der Waals surface area contributed by atoms with E-state index >= 15 is 0 Å². The van der Waals surface area contributed by atoms with Crippen LogP contribution in [0.4, 0.5) is 0 Å². The zero-order valence-electron chi connectivity index (χ0n) is 21.8. The van der Waals surface area contributed by atoms with E-state index in [2.05, 4.69) is 39.5 Å². The molecule has 6 rings (SSSR count). The number of amides is 1. The van der Waals surface area contributed by atoms with E-state index in [4.69, 9.17) is 4.74 Å². The number of rotatable bonds is 7. The summed E-state index contributed by atoms with van der Waals surface area (Å²) in [6.07, 6.45) is 3.48. The second-order valence-electron chi connectivity index (χ2n) is 9.91. The van der Waals surface area contributed by atoms with Gasteiger partial charge in [-0.3, -0.25) is 19.5 Å². The molecule has 1 fully saturated rings. The van der Waals surface area contributed by atoms with Gasteiger partial charge in [-0.1, -0.05) is 62.0 Å². The van der Waals surface area contributed by atoms with Crippen LogP contribution in [0.25, 0.3) is 21.0 Å². The van der Waals surface area contributed by atoms with E-state index in [0.29, 0.717) is 22.6 Å². The van der Waals surface area contributed by atoms with Crippen LogP contribution in [0.15, 0.2) is 83.8 Å². The van der Waals surface area contributed by atoms with E-state index in [1.54, 1.807) is 10.8 Å². The summed E-state index contributed by atoms with van der Waals surface area (Å²) in [4.78, 5) is 34.7. The number of benzene rings is 2. The van der Waals surface area contributed by atoms with Crippen LogP contribution in [0.1, 0.15) is 41.2 Å². The third-order valence-electron chi connectivity index (χ3n) is 7.39. The number of likely N-dealkylation sites (tertiary alicyclic amines) is 1. The Morgan fingerprint density at radius 1 is 1.00 bits per heavy atom. The van der Waals surface area contributed by atoms with Gasteiger partial charge in [0.25, 0.3) is 11.5 Å². The highest BCUT2D eigenvalue weighted by molar-refractivity contribution is 7.22. The lowest BCUT2D eigenvalue weighted by Crippen LogP contribution is -2.44. The Bertz CT molecular complexity index is 1670. The molecule has 1 N–H and O–H groups in total. The van der Waals surface area contributed by atoms with Gasteiger partial charge in [0.2, 0.25) is 0 Å². The summed E-state index contributed by atoms with van der Waals surface area (Å²) >= 11 is 1.33. The lowest BCUT2D eigenvalue weighted by Gasteiger charge is -2.32. The van der Waals surface area contributed by atoms with E-state index in [1.807, 2.05) is 48.5 Å². The van der Waals surface area contributed by atoms with Crippen LogP contribution in [-0.4, -0.2) is 46.6 Å². The average Bonchev–Trinajstić information content (AvgIpc) is 3.38. The molecule has 0 atom stereocenters. The zero-order chi connectivity index (χ0) is 26.8. The van der Waals surface area contributed by atoms with Crippen molar-refractivity contribution in [2.45, 2.75) is 39.4 Å². The fraction of sp³-hybridized carbons (Fsp3) is 0.281. The van der Waals surface area contributed by atoms with Crippen molar-refractivity contribution in [1.29, 1.82) is 0 Å². The predicted octanol–water partition coefficient (Wildman–Crippen LogP) is 5.70. The monoisotopic (exact) mass is 554 g/mol. The molecule has 0 saturated carbocycles. The van der Waals surface area contributed by atoms with Crippen molar-refractivity contribution >= 4 is 38.2 Å². The van der Waals surface area contributed by atoms with Gasteiger partial charge in [-0.05, 0) is 36.6 Å². The van der Waals surface area contributed by atoms with Crippen LogP contribution in [0.5, 0.6) is 5.75 Å². The van der Waals surface area contributed by atoms with E-state index in [-0.39, 0.29) is 24.9 Å². The van der Waals surface area contributed by atoms with Gasteiger partial charge < -0.3 is 14.6 Å². The topological polar surface area (TPSA) is 76.5 Å². The van der Waals surface area contributed by atoms with E-state index in [0.717, 1.165) is 53.8 Å². The first-order chi connectivity index (χ1) is 19.1. The number of hydrogen-bond acceptors (Lipinski definition) is 6. The highest BCUT2D eigenvalue weighted by Gasteiger charge is 2.27. The largest absolute Gasteiger partial charge is 0.494 e. The van der Waals surface area contributed by atoms with Crippen molar-refractivity contribution in [3.63, 3.8) is 0 Å². The summed E-state index contributed by atoms with van der Waals surface area (Å²) in [5, 5.41) is 4.58. The number of methoxy groups -OCH3 is 1. The number of hydrogen-bond donors (Lipinski definition) is 1. The number of nitrogens with one attached hydrogen (secondary N) is 1. The maximum Gasteiger partial charge on any atom is 0.265 e. The van der Waals surface area contributed by atoms with Crippen LogP contribution < -0.4 is 15.6 Å². The first kappa shape index (κ1) is 27.6. The van der Waals surface area contributed by atoms with Crippen LogP contribution >= 0.6 is 11.3 Å². The van der Waals surface area contributed by atoms with E-state index in [9.17, 15) is 9.59 Å². The Morgan fingerprint density at radius 3 is 2.45 bits per heavy atom. The fourth-order valence-corrected chi connectivity index (χ4v) is 6.63. The standard InChI is InChI=1S/C31H30N4O3S.CH4/c1-38-27-26-28(24-12-5-6-13-25(24)35(31(26)37)20-23-11-7-8-16-32-23)39-29(27)30(36)33-22-14-17-34(18-15-22)19-21-9-3-2-4-10-21;/h2-13,16,22H,14-15,17-20H2,1H3,(H,33,36);1H4. The van der Waals surface area contributed by atoms with E-state index < -0.39 is 0 Å². The molecule has 7 nitrogen and oxygen atoms in total. The Labute approximate surface area is 238 Å². The molecule has 1 aliphatic rings. The number of aromatic nitrogens is 2. The maximum absolute atomic E-state index is 13.9. The minimum absolute atomic E-state index is 0. The lowest BCUT2D eigenvalue weighted by molar-refractivity contribution is 0.0910. The molecule has 1 aliphatic heterocycles. The van der Waals surface area contributed by atoms with Gasteiger partial charge in [-0.25, -0.2) is 0 Å². The minimum Gasteiger partial charge on any atom is -0.494 e. The molecular weight excluding hydrogens is 520 g/mol. The molecule has 0 aliphatic carbocycles. The van der Waals surface area contributed by atoms with Crippen molar-refractivity contribution in [3.05, 3.63) is 105 Å². The highest BCUT2D eigenvalue weighted by Crippen LogP contribution is 2.39. The number of thiophene rings is 1. The number of pyridine rings is 2. The molecule has 1 saturated heterocycles. The summed E-state index contributed by atoms with van der Waals surface area (Å²) in [5.41, 5.74) is 2.71.